The second-order valence-corrected chi connectivity index (χ2v) is 6.97. The summed E-state index contributed by atoms with van der Waals surface area (Å²) in [4.78, 5) is 23.9. The van der Waals surface area contributed by atoms with Gasteiger partial charge in [0.25, 0.3) is 0 Å². The summed E-state index contributed by atoms with van der Waals surface area (Å²) < 4.78 is 27.4. The maximum absolute atomic E-state index is 12.7. The van der Waals surface area contributed by atoms with Gasteiger partial charge in [-0.1, -0.05) is 15.9 Å². The number of Topliss-reactive ketones (excluding diaryl/α,β-unsaturated/α-hetero) is 1. The molecule has 8 heteroatoms. The van der Waals surface area contributed by atoms with Gasteiger partial charge in [-0.3, -0.25) is 4.79 Å². The van der Waals surface area contributed by atoms with Crippen molar-refractivity contribution in [3.05, 3.63) is 57.3 Å². The molecule has 0 unspecified atom stereocenters. The number of esters is 1. The first-order chi connectivity index (χ1) is 13.5. The Morgan fingerprint density at radius 2 is 2.14 bits per heavy atom. The monoisotopic (exact) mass is 446 g/mol. The Kier molecular flexibility index (Phi) is 5.06. The van der Waals surface area contributed by atoms with Crippen LogP contribution in [-0.4, -0.2) is 32.3 Å². The fraction of sp³-hybridized carbons (Fsp3) is 0.200. The number of carbonyl (C=O) groups is 2. The lowest BCUT2D eigenvalue weighted by molar-refractivity contribution is -0.142. The molecule has 0 saturated carbocycles. The summed E-state index contributed by atoms with van der Waals surface area (Å²) in [5, 5.41) is 0. The number of benzene rings is 2. The van der Waals surface area contributed by atoms with E-state index < -0.39 is 5.97 Å². The first-order valence-electron chi connectivity index (χ1n) is 8.36. The Morgan fingerprint density at radius 1 is 1.29 bits per heavy atom. The van der Waals surface area contributed by atoms with E-state index in [2.05, 4.69) is 20.7 Å². The van der Waals surface area contributed by atoms with Gasteiger partial charge in [-0.15, -0.1) is 0 Å². The number of methoxy groups -OCH3 is 1. The predicted molar refractivity (Wildman–Crippen MR) is 101 cm³/mol. The molecule has 0 N–H and O–H groups in total. The van der Waals surface area contributed by atoms with Crippen LogP contribution < -0.4 is 14.2 Å². The Morgan fingerprint density at radius 3 is 2.96 bits per heavy atom. The molecule has 0 saturated heterocycles. The molecule has 0 radical (unpaired) electrons. The van der Waals surface area contributed by atoms with Crippen molar-refractivity contribution in [3.8, 4) is 17.2 Å². The molecule has 144 valence electrons. The van der Waals surface area contributed by atoms with E-state index in [-0.39, 0.29) is 24.9 Å². The summed E-state index contributed by atoms with van der Waals surface area (Å²) in [6, 6.07) is 8.53. The fourth-order valence-electron chi connectivity index (χ4n) is 2.92. The third-order valence-electron chi connectivity index (χ3n) is 4.22. The largest absolute Gasteiger partial charge is 0.482 e. The van der Waals surface area contributed by atoms with Gasteiger partial charge in [-0.2, -0.15) is 0 Å². The molecule has 2 heterocycles. The topological polar surface area (TPSA) is 80.3 Å². The zero-order valence-corrected chi connectivity index (χ0v) is 16.4. The number of allylic oxidation sites excluding steroid dienone is 1. The molecule has 2 aromatic carbocycles. The first kappa shape index (κ1) is 18.5. The van der Waals surface area contributed by atoms with Gasteiger partial charge >= 0.3 is 5.97 Å². The van der Waals surface area contributed by atoms with E-state index in [4.69, 9.17) is 18.9 Å². The predicted octanol–water partition coefficient (Wildman–Crippen LogP) is 3.48. The summed E-state index contributed by atoms with van der Waals surface area (Å²) in [5.41, 5.74) is 2.02. The first-order valence-corrected chi connectivity index (χ1v) is 9.15. The van der Waals surface area contributed by atoms with Crippen LogP contribution in [0.1, 0.15) is 21.5 Å². The van der Waals surface area contributed by atoms with Crippen molar-refractivity contribution in [2.24, 2.45) is 0 Å². The number of carbonyl (C=O) groups excluding carboxylic acids is 2. The minimum absolute atomic E-state index is 0.154. The average molecular weight is 447 g/mol. The zero-order valence-electron chi connectivity index (χ0n) is 14.8. The van der Waals surface area contributed by atoms with E-state index in [1.807, 2.05) is 12.1 Å². The standard InChI is InChI=1S/C20H15BrO7/c1-24-18(22)9-26-14-2-3-15-16(7-14)28-17(19(15)23)6-11-4-13(21)5-12-8-25-10-27-20(11)12/h2-7H,8-10H2,1H3/b17-6-. The van der Waals surface area contributed by atoms with Crippen LogP contribution in [0, 0.1) is 0 Å². The molecule has 0 atom stereocenters. The lowest BCUT2D eigenvalue weighted by atomic mass is 10.1. The zero-order chi connectivity index (χ0) is 19.7. The minimum Gasteiger partial charge on any atom is -0.482 e. The lowest BCUT2D eigenvalue weighted by Crippen LogP contribution is -2.12. The van der Waals surface area contributed by atoms with Crippen molar-refractivity contribution in [1.82, 2.24) is 0 Å². The van der Waals surface area contributed by atoms with Gasteiger partial charge in [-0.05, 0) is 30.3 Å². The maximum atomic E-state index is 12.7. The molecule has 0 amide bonds. The highest BCUT2D eigenvalue weighted by molar-refractivity contribution is 9.10. The van der Waals surface area contributed by atoms with Gasteiger partial charge in [0.1, 0.15) is 17.2 Å². The molecular weight excluding hydrogens is 432 g/mol. The number of ketones is 1. The van der Waals surface area contributed by atoms with Crippen molar-refractivity contribution in [1.29, 1.82) is 0 Å². The fourth-order valence-corrected chi connectivity index (χ4v) is 3.44. The summed E-state index contributed by atoms with van der Waals surface area (Å²) in [6.07, 6.45) is 1.65. The van der Waals surface area contributed by atoms with Crippen molar-refractivity contribution in [2.75, 3.05) is 20.5 Å². The molecule has 4 rings (SSSR count). The van der Waals surface area contributed by atoms with Crippen LogP contribution >= 0.6 is 15.9 Å². The smallest absolute Gasteiger partial charge is 0.343 e. The number of fused-ring (bicyclic) bond motifs is 2. The number of ether oxygens (including phenoxy) is 5. The van der Waals surface area contributed by atoms with E-state index in [1.54, 1.807) is 24.3 Å². The summed E-state index contributed by atoms with van der Waals surface area (Å²) in [5.74, 6) is 0.869. The molecule has 0 spiro atoms. The normalized spacial score (nSPS) is 16.1. The van der Waals surface area contributed by atoms with Gasteiger partial charge < -0.3 is 23.7 Å². The van der Waals surface area contributed by atoms with E-state index in [1.165, 1.54) is 7.11 Å². The quantitative estimate of drug-likeness (QED) is 0.525. The van der Waals surface area contributed by atoms with E-state index in [0.29, 0.717) is 35.0 Å². The van der Waals surface area contributed by atoms with E-state index in [0.717, 1.165) is 10.0 Å². The molecule has 28 heavy (non-hydrogen) atoms. The summed E-state index contributed by atoms with van der Waals surface area (Å²) >= 11 is 3.46. The molecule has 2 aliphatic heterocycles. The maximum Gasteiger partial charge on any atom is 0.343 e. The number of rotatable bonds is 4. The van der Waals surface area contributed by atoms with Crippen LogP contribution in [0.15, 0.2) is 40.6 Å². The van der Waals surface area contributed by atoms with Gasteiger partial charge in [0, 0.05) is 21.7 Å². The van der Waals surface area contributed by atoms with Crippen molar-refractivity contribution in [2.45, 2.75) is 6.61 Å². The van der Waals surface area contributed by atoms with Crippen LogP contribution in [0.5, 0.6) is 17.2 Å². The minimum atomic E-state index is -0.499. The number of hydrogen-bond donors (Lipinski definition) is 0. The Labute approximate surface area is 168 Å². The van der Waals surface area contributed by atoms with Crippen molar-refractivity contribution < 1.29 is 33.3 Å². The molecule has 0 fully saturated rings. The third-order valence-corrected chi connectivity index (χ3v) is 4.67. The van der Waals surface area contributed by atoms with Crippen molar-refractivity contribution >= 4 is 33.8 Å². The molecular formula is C20H15BrO7. The van der Waals surface area contributed by atoms with Crippen LogP contribution in [0.3, 0.4) is 0 Å². The Balaban J connectivity index is 1.61. The second kappa shape index (κ2) is 7.65. The van der Waals surface area contributed by atoms with Crippen LogP contribution in [-0.2, 0) is 20.9 Å². The second-order valence-electron chi connectivity index (χ2n) is 6.06. The number of halogens is 1. The molecule has 7 nitrogen and oxygen atoms in total. The van der Waals surface area contributed by atoms with Gasteiger partial charge in [0.2, 0.25) is 5.78 Å². The van der Waals surface area contributed by atoms with Crippen LogP contribution in [0.4, 0.5) is 0 Å². The van der Waals surface area contributed by atoms with Crippen LogP contribution in [0.2, 0.25) is 0 Å². The van der Waals surface area contributed by atoms with E-state index >= 15 is 0 Å². The van der Waals surface area contributed by atoms with Crippen LogP contribution in [0.25, 0.3) is 6.08 Å². The summed E-state index contributed by atoms with van der Waals surface area (Å²) in [7, 11) is 1.28. The highest BCUT2D eigenvalue weighted by Gasteiger charge is 2.28. The molecule has 2 aliphatic rings. The highest BCUT2D eigenvalue weighted by atomic mass is 79.9. The average Bonchev–Trinajstić information content (AvgIpc) is 3.00. The SMILES string of the molecule is COC(=O)COc1ccc2c(c1)O/C(=C\c1cc(Br)cc3c1OCOC3)C2=O. The van der Waals surface area contributed by atoms with Gasteiger partial charge in [-0.25, -0.2) is 4.79 Å². The summed E-state index contributed by atoms with van der Waals surface area (Å²) in [6.45, 7) is 0.358. The lowest BCUT2D eigenvalue weighted by Gasteiger charge is -2.20. The Bertz CT molecular complexity index is 996. The molecule has 0 aromatic heterocycles. The third kappa shape index (κ3) is 3.61. The molecule has 0 bridgehead atoms. The van der Waals surface area contributed by atoms with Crippen molar-refractivity contribution in [3.63, 3.8) is 0 Å². The number of hydrogen-bond acceptors (Lipinski definition) is 7. The molecule has 2 aromatic rings. The Hall–Kier alpha value is -2.84. The van der Waals surface area contributed by atoms with Gasteiger partial charge in [0.15, 0.2) is 19.2 Å². The van der Waals surface area contributed by atoms with E-state index in [9.17, 15) is 9.59 Å². The highest BCUT2D eigenvalue weighted by Crippen LogP contribution is 2.38. The van der Waals surface area contributed by atoms with Gasteiger partial charge in [0.05, 0.1) is 19.3 Å². The molecule has 0 aliphatic carbocycles.